The normalized spacial score (nSPS) is 12.0. The van der Waals surface area contributed by atoms with Gasteiger partial charge in [0.15, 0.2) is 5.69 Å². The lowest BCUT2D eigenvalue weighted by Gasteiger charge is -2.00. The minimum Gasteiger partial charge on any atom is -0.329 e. The number of aromatic nitrogens is 2. The molecule has 12 heavy (non-hydrogen) atoms. The molecule has 0 fully saturated rings. The van der Waals surface area contributed by atoms with Crippen molar-refractivity contribution in [2.45, 2.75) is 12.7 Å². The van der Waals surface area contributed by atoms with Crippen molar-refractivity contribution in [1.29, 1.82) is 0 Å². The first-order valence-corrected chi connectivity index (χ1v) is 3.35. The molecule has 0 unspecified atom stereocenters. The van der Waals surface area contributed by atoms with Crippen LogP contribution in [-0.4, -0.2) is 16.3 Å². The molecular formula is C6H8F3N3. The fourth-order valence-electron chi connectivity index (χ4n) is 0.770. The number of alkyl halides is 3. The summed E-state index contributed by atoms with van der Waals surface area (Å²) in [5.74, 6) is 0. The van der Waals surface area contributed by atoms with Crippen LogP contribution in [0.15, 0.2) is 12.3 Å². The van der Waals surface area contributed by atoms with E-state index in [0.29, 0.717) is 6.54 Å². The van der Waals surface area contributed by atoms with E-state index in [1.165, 1.54) is 10.9 Å². The maximum Gasteiger partial charge on any atom is 0.435 e. The lowest BCUT2D eigenvalue weighted by Crippen LogP contribution is -2.12. The van der Waals surface area contributed by atoms with Crippen LogP contribution < -0.4 is 5.73 Å². The molecule has 0 saturated heterocycles. The predicted molar refractivity (Wildman–Crippen MR) is 36.3 cm³/mol. The SMILES string of the molecule is NCCn1ccc(C(F)(F)F)n1. The molecule has 1 rings (SSSR count). The highest BCUT2D eigenvalue weighted by atomic mass is 19.4. The first-order valence-electron chi connectivity index (χ1n) is 3.35. The molecule has 0 atom stereocenters. The molecule has 0 bridgehead atoms. The fraction of sp³-hybridized carbons (Fsp3) is 0.500. The molecule has 0 radical (unpaired) electrons. The fourth-order valence-corrected chi connectivity index (χ4v) is 0.770. The van der Waals surface area contributed by atoms with E-state index < -0.39 is 11.9 Å². The Labute approximate surface area is 67.0 Å². The molecule has 68 valence electrons. The second-order valence-corrected chi connectivity index (χ2v) is 2.25. The van der Waals surface area contributed by atoms with Gasteiger partial charge in [0.25, 0.3) is 0 Å². The minimum atomic E-state index is -4.36. The van der Waals surface area contributed by atoms with Gasteiger partial charge in [0.2, 0.25) is 0 Å². The summed E-state index contributed by atoms with van der Waals surface area (Å²) in [5, 5.41) is 3.28. The monoisotopic (exact) mass is 179 g/mol. The average molecular weight is 179 g/mol. The van der Waals surface area contributed by atoms with Crippen LogP contribution >= 0.6 is 0 Å². The van der Waals surface area contributed by atoms with Gasteiger partial charge in [-0.25, -0.2) is 0 Å². The van der Waals surface area contributed by atoms with Gasteiger partial charge in [0.05, 0.1) is 6.54 Å². The predicted octanol–water partition coefficient (Wildman–Crippen LogP) is 0.861. The third-order valence-corrected chi connectivity index (χ3v) is 1.29. The summed E-state index contributed by atoms with van der Waals surface area (Å²) in [5.41, 5.74) is 4.26. The molecule has 3 nitrogen and oxygen atoms in total. The standard InChI is InChI=1S/C6H8F3N3/c7-6(8,9)5-1-3-12(11-5)4-2-10/h1,3H,2,4,10H2. The highest BCUT2D eigenvalue weighted by Crippen LogP contribution is 2.26. The smallest absolute Gasteiger partial charge is 0.329 e. The van der Waals surface area contributed by atoms with Crippen LogP contribution in [0.2, 0.25) is 0 Å². The largest absolute Gasteiger partial charge is 0.435 e. The topological polar surface area (TPSA) is 43.8 Å². The van der Waals surface area contributed by atoms with Crippen LogP contribution in [0.1, 0.15) is 5.69 Å². The molecule has 0 aliphatic heterocycles. The highest BCUT2D eigenvalue weighted by molar-refractivity contribution is 5.03. The Balaban J connectivity index is 2.77. The molecule has 0 aliphatic carbocycles. The summed E-state index contributed by atoms with van der Waals surface area (Å²) in [6, 6.07) is 0.926. The minimum absolute atomic E-state index is 0.277. The van der Waals surface area contributed by atoms with Gasteiger partial charge >= 0.3 is 6.18 Å². The van der Waals surface area contributed by atoms with Gasteiger partial charge in [0.1, 0.15) is 0 Å². The van der Waals surface area contributed by atoms with Gasteiger partial charge < -0.3 is 5.73 Å². The van der Waals surface area contributed by atoms with E-state index in [4.69, 9.17) is 5.73 Å². The molecule has 0 spiro atoms. The van der Waals surface area contributed by atoms with Crippen molar-refractivity contribution >= 4 is 0 Å². The summed E-state index contributed by atoms with van der Waals surface area (Å²) in [6.45, 7) is 0.578. The van der Waals surface area contributed by atoms with Crippen molar-refractivity contribution in [3.05, 3.63) is 18.0 Å². The lowest BCUT2D eigenvalue weighted by atomic mass is 10.4. The Kier molecular flexibility index (Phi) is 2.37. The van der Waals surface area contributed by atoms with Crippen molar-refractivity contribution in [2.24, 2.45) is 5.73 Å². The van der Waals surface area contributed by atoms with Crippen LogP contribution in [0, 0.1) is 0 Å². The summed E-state index contributed by atoms with van der Waals surface area (Å²) in [7, 11) is 0. The second kappa shape index (κ2) is 3.14. The molecule has 0 saturated carbocycles. The van der Waals surface area contributed by atoms with Gasteiger partial charge in [-0.15, -0.1) is 0 Å². The Morgan fingerprint density at radius 3 is 2.58 bits per heavy atom. The zero-order valence-corrected chi connectivity index (χ0v) is 6.17. The number of halogens is 3. The Bertz CT molecular complexity index is 253. The number of rotatable bonds is 2. The van der Waals surface area contributed by atoms with E-state index in [-0.39, 0.29) is 6.54 Å². The van der Waals surface area contributed by atoms with E-state index in [0.717, 1.165) is 6.07 Å². The molecule has 1 aromatic heterocycles. The van der Waals surface area contributed by atoms with Crippen LogP contribution in [0.3, 0.4) is 0 Å². The third kappa shape index (κ3) is 1.97. The van der Waals surface area contributed by atoms with Crippen molar-refractivity contribution in [2.75, 3.05) is 6.54 Å². The van der Waals surface area contributed by atoms with Crippen molar-refractivity contribution in [3.63, 3.8) is 0 Å². The lowest BCUT2D eigenvalue weighted by molar-refractivity contribution is -0.141. The van der Waals surface area contributed by atoms with Gasteiger partial charge in [-0.3, -0.25) is 4.68 Å². The van der Waals surface area contributed by atoms with Crippen LogP contribution in [0.25, 0.3) is 0 Å². The second-order valence-electron chi connectivity index (χ2n) is 2.25. The summed E-state index contributed by atoms with van der Waals surface area (Å²) in [6.07, 6.45) is -3.10. The molecule has 0 aromatic carbocycles. The van der Waals surface area contributed by atoms with Gasteiger partial charge in [-0.05, 0) is 6.07 Å². The molecule has 0 amide bonds. The number of hydrogen-bond donors (Lipinski definition) is 1. The van der Waals surface area contributed by atoms with E-state index in [1.54, 1.807) is 0 Å². The maximum atomic E-state index is 11.9. The first kappa shape index (κ1) is 9.05. The quantitative estimate of drug-likeness (QED) is 0.731. The molecule has 2 N–H and O–H groups in total. The van der Waals surface area contributed by atoms with E-state index in [1.807, 2.05) is 0 Å². The Morgan fingerprint density at radius 1 is 1.50 bits per heavy atom. The van der Waals surface area contributed by atoms with Crippen LogP contribution in [0.4, 0.5) is 13.2 Å². The summed E-state index contributed by atoms with van der Waals surface area (Å²) < 4.78 is 37.0. The van der Waals surface area contributed by atoms with E-state index in [9.17, 15) is 13.2 Å². The maximum absolute atomic E-state index is 11.9. The highest BCUT2D eigenvalue weighted by Gasteiger charge is 2.33. The van der Waals surface area contributed by atoms with E-state index >= 15 is 0 Å². The van der Waals surface area contributed by atoms with Crippen molar-refractivity contribution in [3.8, 4) is 0 Å². The molecular weight excluding hydrogens is 171 g/mol. The summed E-state index contributed by atoms with van der Waals surface area (Å²) in [4.78, 5) is 0. The molecule has 1 aromatic rings. The number of nitrogens with two attached hydrogens (primary N) is 1. The van der Waals surface area contributed by atoms with E-state index in [2.05, 4.69) is 5.10 Å². The van der Waals surface area contributed by atoms with Crippen molar-refractivity contribution < 1.29 is 13.2 Å². The zero-order valence-electron chi connectivity index (χ0n) is 6.17. The summed E-state index contributed by atoms with van der Waals surface area (Å²) >= 11 is 0. The van der Waals surface area contributed by atoms with Gasteiger partial charge in [-0.2, -0.15) is 18.3 Å². The molecule has 1 heterocycles. The van der Waals surface area contributed by atoms with Gasteiger partial charge in [0, 0.05) is 12.7 Å². The number of hydrogen-bond acceptors (Lipinski definition) is 2. The number of nitrogens with zero attached hydrogens (tertiary/aromatic N) is 2. The van der Waals surface area contributed by atoms with Crippen molar-refractivity contribution in [1.82, 2.24) is 9.78 Å². The zero-order chi connectivity index (χ0) is 9.19. The first-order chi connectivity index (χ1) is 5.54. The average Bonchev–Trinajstić information content (AvgIpc) is 2.35. The molecule has 0 aliphatic rings. The van der Waals surface area contributed by atoms with Crippen LogP contribution in [0.5, 0.6) is 0 Å². The Hall–Kier alpha value is -1.04. The molecule has 6 heteroatoms. The third-order valence-electron chi connectivity index (χ3n) is 1.29. The van der Waals surface area contributed by atoms with Gasteiger partial charge in [-0.1, -0.05) is 0 Å². The van der Waals surface area contributed by atoms with Crippen LogP contribution in [-0.2, 0) is 12.7 Å². The Morgan fingerprint density at radius 2 is 2.17 bits per heavy atom.